The average molecular weight is 401 g/mol. The topological polar surface area (TPSA) is 15.3 Å². The van der Waals surface area contributed by atoms with Gasteiger partial charge in [-0.05, 0) is 47.2 Å². The number of rotatable bonds is 6. The second-order valence-corrected chi connectivity index (χ2v) is 7.60. The van der Waals surface area contributed by atoms with E-state index in [0.29, 0.717) is 0 Å². The highest BCUT2D eigenvalue weighted by Crippen LogP contribution is 2.33. The minimum atomic E-state index is 0.877. The van der Waals surface area contributed by atoms with Crippen molar-refractivity contribution in [1.82, 2.24) is 0 Å². The minimum absolute atomic E-state index is 0.877. The molecule has 150 valence electrons. The Morgan fingerprint density at radius 3 is 2.03 bits per heavy atom. The van der Waals surface area contributed by atoms with Gasteiger partial charge in [-0.1, -0.05) is 103 Å². The van der Waals surface area contributed by atoms with Crippen molar-refractivity contribution in [2.75, 3.05) is 10.4 Å². The van der Waals surface area contributed by atoms with Crippen molar-refractivity contribution in [1.29, 1.82) is 0 Å². The van der Waals surface area contributed by atoms with Gasteiger partial charge < -0.3 is 0 Å². The van der Waals surface area contributed by atoms with Crippen molar-refractivity contribution in [3.05, 3.63) is 139 Å². The van der Waals surface area contributed by atoms with Crippen LogP contribution < -0.4 is 10.4 Å². The Labute approximate surface area is 183 Å². The normalized spacial score (nSPS) is 10.7. The zero-order valence-electron chi connectivity index (χ0n) is 17.3. The molecule has 0 aliphatic rings. The summed E-state index contributed by atoms with van der Waals surface area (Å²) < 4.78 is 0. The van der Waals surface area contributed by atoms with Crippen LogP contribution in [-0.4, -0.2) is 0 Å². The molecule has 0 bridgehead atoms. The van der Waals surface area contributed by atoms with Gasteiger partial charge in [0.15, 0.2) is 0 Å². The van der Waals surface area contributed by atoms with Gasteiger partial charge in [0.25, 0.3) is 0 Å². The zero-order chi connectivity index (χ0) is 20.9. The molecule has 0 saturated heterocycles. The van der Waals surface area contributed by atoms with Crippen LogP contribution in [0.5, 0.6) is 0 Å². The zero-order valence-corrected chi connectivity index (χ0v) is 17.3. The number of fused-ring (bicyclic) bond motifs is 1. The summed E-state index contributed by atoms with van der Waals surface area (Å²) in [5, 5.41) is 4.62. The van der Waals surface area contributed by atoms with E-state index in [0.717, 1.165) is 23.5 Å². The third kappa shape index (κ3) is 4.15. The van der Waals surface area contributed by atoms with Crippen molar-refractivity contribution < 1.29 is 0 Å². The molecule has 0 aliphatic heterocycles. The van der Waals surface area contributed by atoms with Crippen molar-refractivity contribution >= 4 is 27.8 Å². The molecule has 0 radical (unpaired) electrons. The number of nitrogens with one attached hydrogen (secondary N) is 1. The summed E-state index contributed by atoms with van der Waals surface area (Å²) >= 11 is 0. The molecule has 0 spiro atoms. The third-order valence-corrected chi connectivity index (χ3v) is 5.51. The number of hydrazine groups is 1. The van der Waals surface area contributed by atoms with Gasteiger partial charge >= 0.3 is 0 Å². The van der Waals surface area contributed by atoms with Gasteiger partial charge in [0.1, 0.15) is 0 Å². The van der Waals surface area contributed by atoms with Gasteiger partial charge in [-0.3, -0.25) is 10.4 Å². The Bertz CT molecular complexity index is 1270. The molecule has 1 N–H and O–H groups in total. The van der Waals surface area contributed by atoms with Crippen LogP contribution in [0.2, 0.25) is 0 Å². The number of anilines is 3. The fourth-order valence-electron chi connectivity index (χ4n) is 3.96. The Morgan fingerprint density at radius 1 is 0.548 bits per heavy atom. The minimum Gasteiger partial charge on any atom is -0.294 e. The Kier molecular flexibility index (Phi) is 5.36. The van der Waals surface area contributed by atoms with Crippen LogP contribution in [0.15, 0.2) is 127 Å². The molecule has 31 heavy (non-hydrogen) atoms. The molecule has 5 rings (SSSR count). The average Bonchev–Trinajstić information content (AvgIpc) is 2.84. The lowest BCUT2D eigenvalue weighted by molar-refractivity contribution is 1.13. The van der Waals surface area contributed by atoms with Crippen molar-refractivity contribution in [3.8, 4) is 0 Å². The van der Waals surface area contributed by atoms with Gasteiger partial charge in [0.05, 0.1) is 17.1 Å². The lowest BCUT2D eigenvalue weighted by atomic mass is 10.0. The number of nitrogens with zero attached hydrogens (tertiary/aromatic N) is 1. The van der Waals surface area contributed by atoms with Gasteiger partial charge in [0.2, 0.25) is 0 Å². The molecule has 0 atom stereocenters. The summed E-state index contributed by atoms with van der Waals surface area (Å²) in [5.74, 6) is 0. The van der Waals surface area contributed by atoms with E-state index in [1.807, 2.05) is 6.07 Å². The first-order chi connectivity index (χ1) is 15.4. The van der Waals surface area contributed by atoms with Crippen LogP contribution in [0.4, 0.5) is 17.1 Å². The third-order valence-electron chi connectivity index (χ3n) is 5.51. The molecule has 0 unspecified atom stereocenters. The van der Waals surface area contributed by atoms with Gasteiger partial charge in [0, 0.05) is 5.39 Å². The van der Waals surface area contributed by atoms with Crippen molar-refractivity contribution in [2.45, 2.75) is 6.42 Å². The van der Waals surface area contributed by atoms with E-state index < -0.39 is 0 Å². The summed E-state index contributed by atoms with van der Waals surface area (Å²) in [7, 11) is 0. The fraction of sp³-hybridized carbons (Fsp3) is 0.0345. The fourth-order valence-corrected chi connectivity index (χ4v) is 3.96. The Balaban J connectivity index is 1.58. The second-order valence-electron chi connectivity index (χ2n) is 7.60. The molecule has 0 amide bonds. The maximum atomic E-state index is 3.73. The van der Waals surface area contributed by atoms with Crippen LogP contribution >= 0.6 is 0 Å². The first-order valence-electron chi connectivity index (χ1n) is 10.6. The number of benzene rings is 5. The number of hydrogen-bond donors (Lipinski definition) is 1. The second kappa shape index (κ2) is 8.76. The lowest BCUT2D eigenvalue weighted by Crippen LogP contribution is -2.25. The summed E-state index contributed by atoms with van der Waals surface area (Å²) in [5.41, 5.74) is 9.60. The van der Waals surface area contributed by atoms with Crippen molar-refractivity contribution in [2.24, 2.45) is 0 Å². The summed E-state index contributed by atoms with van der Waals surface area (Å²) in [4.78, 5) is 0. The van der Waals surface area contributed by atoms with Gasteiger partial charge in [-0.2, -0.15) is 0 Å². The monoisotopic (exact) mass is 400 g/mol. The molecule has 0 saturated carbocycles. The molecule has 0 fully saturated rings. The first-order valence-corrected chi connectivity index (χ1v) is 10.6. The number of para-hydroxylation sites is 2. The lowest BCUT2D eigenvalue weighted by Gasteiger charge is -2.29. The van der Waals surface area contributed by atoms with Crippen molar-refractivity contribution in [3.63, 3.8) is 0 Å². The van der Waals surface area contributed by atoms with E-state index in [-0.39, 0.29) is 0 Å². The molecule has 5 aromatic rings. The largest absolute Gasteiger partial charge is 0.294 e. The van der Waals surface area contributed by atoms with Crippen LogP contribution in [0.25, 0.3) is 10.8 Å². The van der Waals surface area contributed by atoms with E-state index in [4.69, 9.17) is 0 Å². The summed E-state index contributed by atoms with van der Waals surface area (Å²) in [6, 6.07) is 44.6. The Hall–Kier alpha value is -4.04. The molecule has 2 heteroatoms. The maximum Gasteiger partial charge on any atom is 0.0708 e. The summed E-state index contributed by atoms with van der Waals surface area (Å²) in [6.45, 7) is 0. The van der Waals surface area contributed by atoms with Gasteiger partial charge in [-0.15, -0.1) is 0 Å². The van der Waals surface area contributed by atoms with Gasteiger partial charge in [-0.25, -0.2) is 0 Å². The van der Waals surface area contributed by atoms with E-state index in [9.17, 15) is 0 Å². The highest BCUT2D eigenvalue weighted by Gasteiger charge is 2.14. The predicted octanol–water partition coefficient (Wildman–Crippen LogP) is 7.60. The molecule has 2 nitrogen and oxygen atoms in total. The quantitative estimate of drug-likeness (QED) is 0.295. The van der Waals surface area contributed by atoms with Crippen LogP contribution in [-0.2, 0) is 6.42 Å². The molecular weight excluding hydrogens is 376 g/mol. The maximum absolute atomic E-state index is 3.73. The summed E-state index contributed by atoms with van der Waals surface area (Å²) in [6.07, 6.45) is 0.877. The SMILES string of the molecule is c1ccc(Cc2ccccc2NN(c2ccccc2)c2cccc3ccccc23)cc1. The van der Waals surface area contributed by atoms with E-state index in [1.165, 1.54) is 21.9 Å². The highest BCUT2D eigenvalue weighted by atomic mass is 15.5. The molecule has 0 aliphatic carbocycles. The van der Waals surface area contributed by atoms with Crippen LogP contribution in [0.3, 0.4) is 0 Å². The van der Waals surface area contributed by atoms with Crippen LogP contribution in [0, 0.1) is 0 Å². The van der Waals surface area contributed by atoms with Crippen LogP contribution in [0.1, 0.15) is 11.1 Å². The van der Waals surface area contributed by atoms with E-state index in [2.05, 4.69) is 132 Å². The Morgan fingerprint density at radius 2 is 1.19 bits per heavy atom. The highest BCUT2D eigenvalue weighted by molar-refractivity contribution is 5.96. The molecule has 0 aromatic heterocycles. The smallest absolute Gasteiger partial charge is 0.0708 e. The molecule has 0 heterocycles. The standard InChI is InChI=1S/C29H24N2/c1-3-12-23(13-4-1)22-25-15-8-10-20-28(25)30-31(26-17-5-2-6-18-26)29-21-11-16-24-14-7-9-19-27(24)29/h1-21,30H,22H2. The van der Waals surface area contributed by atoms with E-state index >= 15 is 0 Å². The molecular formula is C29H24N2. The predicted molar refractivity (Wildman–Crippen MR) is 132 cm³/mol. The van der Waals surface area contributed by atoms with E-state index in [1.54, 1.807) is 0 Å². The molecule has 5 aromatic carbocycles. The number of hydrogen-bond acceptors (Lipinski definition) is 2. The first kappa shape index (κ1) is 19.0.